The molecule has 0 bridgehead atoms. The number of carboxylic acids is 1. The highest BCUT2D eigenvalue weighted by Crippen LogP contribution is 2.22. The molecule has 0 aromatic carbocycles. The summed E-state index contributed by atoms with van der Waals surface area (Å²) >= 11 is 0. The van der Waals surface area contributed by atoms with Crippen LogP contribution < -0.4 is 5.32 Å². The summed E-state index contributed by atoms with van der Waals surface area (Å²) in [6, 6.07) is -0.565. The maximum absolute atomic E-state index is 12.1. The topological polar surface area (TPSA) is 78.9 Å². The van der Waals surface area contributed by atoms with E-state index in [2.05, 4.69) is 5.32 Å². The van der Waals surface area contributed by atoms with Crippen LogP contribution in [0.5, 0.6) is 0 Å². The third-order valence-electron chi connectivity index (χ3n) is 3.70. The summed E-state index contributed by atoms with van der Waals surface area (Å²) in [7, 11) is 0. The Morgan fingerprint density at radius 1 is 1.35 bits per heavy atom. The van der Waals surface area contributed by atoms with Gasteiger partial charge in [0.2, 0.25) is 5.91 Å². The van der Waals surface area contributed by atoms with Crippen LogP contribution in [0.4, 0.5) is 0 Å². The Morgan fingerprint density at radius 2 is 2.05 bits per heavy atom. The first kappa shape index (κ1) is 16.9. The molecule has 20 heavy (non-hydrogen) atoms. The van der Waals surface area contributed by atoms with Gasteiger partial charge in [-0.15, -0.1) is 0 Å². The molecule has 0 aromatic heterocycles. The number of carbonyl (C=O) groups excluding carboxylic acids is 1. The molecule has 0 radical (unpaired) electrons. The van der Waals surface area contributed by atoms with Crippen molar-refractivity contribution in [2.24, 2.45) is 5.92 Å². The van der Waals surface area contributed by atoms with E-state index in [1.807, 2.05) is 25.7 Å². The second-order valence-electron chi connectivity index (χ2n) is 5.25. The van der Waals surface area contributed by atoms with Crippen molar-refractivity contribution in [3.05, 3.63) is 0 Å². The van der Waals surface area contributed by atoms with Crippen LogP contribution in [0.2, 0.25) is 0 Å². The highest BCUT2D eigenvalue weighted by Gasteiger charge is 2.40. The average Bonchev–Trinajstić information content (AvgIpc) is 2.90. The van der Waals surface area contributed by atoms with E-state index in [0.717, 1.165) is 12.8 Å². The number of nitrogens with zero attached hydrogens (tertiary/aromatic N) is 1. The van der Waals surface area contributed by atoms with Gasteiger partial charge in [-0.1, -0.05) is 13.8 Å². The number of ether oxygens (including phenoxy) is 1. The maximum atomic E-state index is 12.1. The number of hydrogen-bond acceptors (Lipinski definition) is 4. The molecule has 3 atom stereocenters. The number of hydrogen-bond donors (Lipinski definition) is 2. The van der Waals surface area contributed by atoms with Crippen LogP contribution in [0.1, 0.15) is 33.6 Å². The second-order valence-corrected chi connectivity index (χ2v) is 5.25. The van der Waals surface area contributed by atoms with Gasteiger partial charge in [-0.05, 0) is 26.3 Å². The number of carbonyl (C=O) groups is 2. The first-order valence-electron chi connectivity index (χ1n) is 7.36. The van der Waals surface area contributed by atoms with Crippen LogP contribution in [-0.2, 0) is 14.3 Å². The molecule has 0 spiro atoms. The Bertz CT molecular complexity index is 335. The molecular weight excluding hydrogens is 260 g/mol. The molecule has 1 rings (SSSR count). The number of carboxylic acid groups (broad SMARTS) is 1. The molecule has 0 aliphatic carbocycles. The molecule has 1 fully saturated rings. The summed E-state index contributed by atoms with van der Waals surface area (Å²) < 4.78 is 5.32. The van der Waals surface area contributed by atoms with Crippen molar-refractivity contribution in [3.8, 4) is 0 Å². The van der Waals surface area contributed by atoms with Crippen molar-refractivity contribution in [3.63, 3.8) is 0 Å². The Labute approximate surface area is 120 Å². The molecule has 116 valence electrons. The maximum Gasteiger partial charge on any atom is 0.310 e. The minimum absolute atomic E-state index is 0.0451. The lowest BCUT2D eigenvalue weighted by molar-refractivity contribution is -0.144. The normalized spacial score (nSPS) is 23.8. The van der Waals surface area contributed by atoms with Gasteiger partial charge in [-0.2, -0.15) is 0 Å². The van der Waals surface area contributed by atoms with Crippen LogP contribution in [0.25, 0.3) is 0 Å². The quantitative estimate of drug-likeness (QED) is 0.687. The van der Waals surface area contributed by atoms with Crippen molar-refractivity contribution in [2.75, 3.05) is 26.3 Å². The summed E-state index contributed by atoms with van der Waals surface area (Å²) in [4.78, 5) is 25.4. The van der Waals surface area contributed by atoms with Crippen molar-refractivity contribution in [1.82, 2.24) is 10.2 Å². The van der Waals surface area contributed by atoms with E-state index in [9.17, 15) is 14.7 Å². The van der Waals surface area contributed by atoms with Gasteiger partial charge in [-0.25, -0.2) is 0 Å². The molecule has 3 unspecified atom stereocenters. The number of rotatable bonds is 8. The third kappa shape index (κ3) is 4.18. The van der Waals surface area contributed by atoms with E-state index in [0.29, 0.717) is 19.7 Å². The van der Waals surface area contributed by atoms with Crippen LogP contribution >= 0.6 is 0 Å². The Kier molecular flexibility index (Phi) is 6.95. The van der Waals surface area contributed by atoms with Crippen LogP contribution in [0, 0.1) is 5.92 Å². The SMILES string of the molecule is CCCNC(=O)C(C)N(CCC)C1COCC1C(=O)O. The van der Waals surface area contributed by atoms with Crippen LogP contribution in [0.15, 0.2) is 0 Å². The highest BCUT2D eigenvalue weighted by atomic mass is 16.5. The van der Waals surface area contributed by atoms with E-state index >= 15 is 0 Å². The number of nitrogens with one attached hydrogen (secondary N) is 1. The number of aliphatic carboxylic acids is 1. The van der Waals surface area contributed by atoms with Crippen LogP contribution in [-0.4, -0.2) is 60.3 Å². The van der Waals surface area contributed by atoms with Gasteiger partial charge in [0.15, 0.2) is 0 Å². The van der Waals surface area contributed by atoms with Crippen molar-refractivity contribution >= 4 is 11.9 Å². The second kappa shape index (κ2) is 8.21. The molecule has 1 aliphatic rings. The fraction of sp³-hybridized carbons (Fsp3) is 0.857. The van der Waals surface area contributed by atoms with Gasteiger partial charge >= 0.3 is 5.97 Å². The zero-order chi connectivity index (χ0) is 15.1. The van der Waals surface area contributed by atoms with Crippen molar-refractivity contribution in [2.45, 2.75) is 45.7 Å². The monoisotopic (exact) mass is 286 g/mol. The zero-order valence-corrected chi connectivity index (χ0v) is 12.6. The zero-order valence-electron chi connectivity index (χ0n) is 12.6. The first-order valence-corrected chi connectivity index (χ1v) is 7.36. The molecular formula is C14H26N2O4. The predicted molar refractivity (Wildman–Crippen MR) is 75.5 cm³/mol. The van der Waals surface area contributed by atoms with Gasteiger partial charge in [0.1, 0.15) is 0 Å². The fourth-order valence-corrected chi connectivity index (χ4v) is 2.56. The molecule has 1 aliphatic heterocycles. The molecule has 0 saturated carbocycles. The minimum atomic E-state index is -0.852. The molecule has 1 heterocycles. The lowest BCUT2D eigenvalue weighted by Crippen LogP contribution is -2.53. The summed E-state index contributed by atoms with van der Waals surface area (Å²) in [6.45, 7) is 7.80. The number of amides is 1. The van der Waals surface area contributed by atoms with E-state index in [4.69, 9.17) is 4.74 Å². The Balaban J connectivity index is 2.76. The largest absolute Gasteiger partial charge is 0.481 e. The van der Waals surface area contributed by atoms with E-state index in [1.54, 1.807) is 0 Å². The van der Waals surface area contributed by atoms with E-state index in [-0.39, 0.29) is 24.6 Å². The summed E-state index contributed by atoms with van der Waals surface area (Å²) in [5.41, 5.74) is 0. The fourth-order valence-electron chi connectivity index (χ4n) is 2.56. The van der Waals surface area contributed by atoms with Crippen LogP contribution in [0.3, 0.4) is 0 Å². The van der Waals surface area contributed by atoms with Crippen molar-refractivity contribution < 1.29 is 19.4 Å². The molecule has 6 heteroatoms. The molecule has 2 N–H and O–H groups in total. The lowest BCUT2D eigenvalue weighted by Gasteiger charge is -2.34. The third-order valence-corrected chi connectivity index (χ3v) is 3.70. The van der Waals surface area contributed by atoms with Crippen molar-refractivity contribution in [1.29, 1.82) is 0 Å². The Hall–Kier alpha value is -1.14. The lowest BCUT2D eigenvalue weighted by atomic mass is 10.00. The minimum Gasteiger partial charge on any atom is -0.481 e. The molecule has 1 amide bonds. The van der Waals surface area contributed by atoms with Gasteiger partial charge in [0, 0.05) is 12.6 Å². The Morgan fingerprint density at radius 3 is 2.60 bits per heavy atom. The smallest absolute Gasteiger partial charge is 0.310 e. The summed E-state index contributed by atoms with van der Waals surface area (Å²) in [6.07, 6.45) is 1.75. The standard InChI is InChI=1S/C14H26N2O4/c1-4-6-15-13(17)10(3)16(7-5-2)12-9-20-8-11(12)14(18)19/h10-12H,4-9H2,1-3H3,(H,15,17)(H,18,19). The van der Waals surface area contributed by atoms with Gasteiger partial charge in [0.25, 0.3) is 0 Å². The van der Waals surface area contributed by atoms with E-state index in [1.165, 1.54) is 0 Å². The molecule has 1 saturated heterocycles. The predicted octanol–water partition coefficient (Wildman–Crippen LogP) is 0.713. The molecule has 0 aromatic rings. The van der Waals surface area contributed by atoms with Gasteiger partial charge < -0.3 is 15.2 Å². The first-order chi connectivity index (χ1) is 9.52. The van der Waals surface area contributed by atoms with E-state index < -0.39 is 11.9 Å². The van der Waals surface area contributed by atoms with Gasteiger partial charge in [-0.3, -0.25) is 14.5 Å². The average molecular weight is 286 g/mol. The summed E-state index contributed by atoms with van der Waals surface area (Å²) in [5.74, 6) is -1.45. The van der Waals surface area contributed by atoms with Gasteiger partial charge in [0.05, 0.1) is 25.2 Å². The highest BCUT2D eigenvalue weighted by molar-refractivity contribution is 5.81. The molecule has 6 nitrogen and oxygen atoms in total. The summed E-state index contributed by atoms with van der Waals surface area (Å²) in [5, 5.41) is 12.1.